The number of nitrogens with one attached hydrogen (secondary N) is 2. The molecule has 1 aliphatic rings. The van der Waals surface area contributed by atoms with Gasteiger partial charge in [0, 0.05) is 19.4 Å². The van der Waals surface area contributed by atoms with Crippen LogP contribution < -0.4 is 16.4 Å². The second-order valence-corrected chi connectivity index (χ2v) is 4.30. The number of primary amides is 1. The number of amides is 2. The maximum absolute atomic E-state index is 11.4. The van der Waals surface area contributed by atoms with Crippen LogP contribution in [0.5, 0.6) is 0 Å². The molecule has 0 atom stereocenters. The highest BCUT2D eigenvalue weighted by Crippen LogP contribution is 2.17. The summed E-state index contributed by atoms with van der Waals surface area (Å²) in [7, 11) is 0. The van der Waals surface area contributed by atoms with Crippen molar-refractivity contribution >= 4 is 24.2 Å². The standard InChI is InChI=1S/C11H21N3O2.ClH/c12-10(15)5-8-14-11(16)2-1-9-3-6-13-7-4-9;/h9,13H,1-8H2,(H2,12,15)(H,14,16);1H. The number of piperidine rings is 1. The molecule has 0 aromatic carbocycles. The fourth-order valence-corrected chi connectivity index (χ4v) is 1.92. The Balaban J connectivity index is 0.00000256. The van der Waals surface area contributed by atoms with Crippen LogP contribution in [0.1, 0.15) is 32.1 Å². The molecular formula is C11H22ClN3O2. The van der Waals surface area contributed by atoms with E-state index in [4.69, 9.17) is 5.73 Å². The van der Waals surface area contributed by atoms with E-state index in [0.717, 1.165) is 32.4 Å². The van der Waals surface area contributed by atoms with Gasteiger partial charge < -0.3 is 16.4 Å². The number of rotatable bonds is 6. The van der Waals surface area contributed by atoms with E-state index in [1.807, 2.05) is 0 Å². The number of carbonyl (C=O) groups excluding carboxylic acids is 2. The predicted molar refractivity (Wildman–Crippen MR) is 68.9 cm³/mol. The Morgan fingerprint density at radius 1 is 1.24 bits per heavy atom. The Morgan fingerprint density at radius 3 is 2.47 bits per heavy atom. The summed E-state index contributed by atoms with van der Waals surface area (Å²) in [5, 5.41) is 6.00. The van der Waals surface area contributed by atoms with Crippen LogP contribution in [0.25, 0.3) is 0 Å². The van der Waals surface area contributed by atoms with Gasteiger partial charge in [0.05, 0.1) is 0 Å². The van der Waals surface area contributed by atoms with Crippen molar-refractivity contribution in [1.82, 2.24) is 10.6 Å². The number of hydrogen-bond acceptors (Lipinski definition) is 3. The van der Waals surface area contributed by atoms with Gasteiger partial charge in [0.1, 0.15) is 0 Å². The number of halogens is 1. The maximum Gasteiger partial charge on any atom is 0.220 e. The summed E-state index contributed by atoms with van der Waals surface area (Å²) in [5.41, 5.74) is 4.97. The molecule has 100 valence electrons. The van der Waals surface area contributed by atoms with Gasteiger partial charge >= 0.3 is 0 Å². The first kappa shape index (κ1) is 16.2. The minimum Gasteiger partial charge on any atom is -0.370 e. The first-order chi connectivity index (χ1) is 7.68. The summed E-state index contributed by atoms with van der Waals surface area (Å²) >= 11 is 0. The molecule has 6 heteroatoms. The van der Waals surface area contributed by atoms with Crippen molar-refractivity contribution in [2.75, 3.05) is 19.6 Å². The quantitative estimate of drug-likeness (QED) is 0.639. The zero-order valence-corrected chi connectivity index (χ0v) is 10.9. The smallest absolute Gasteiger partial charge is 0.220 e. The summed E-state index contributed by atoms with van der Waals surface area (Å²) in [4.78, 5) is 21.8. The van der Waals surface area contributed by atoms with Crippen molar-refractivity contribution in [2.45, 2.75) is 32.1 Å². The van der Waals surface area contributed by atoms with Crippen LogP contribution in [0.2, 0.25) is 0 Å². The molecule has 5 nitrogen and oxygen atoms in total. The fourth-order valence-electron chi connectivity index (χ4n) is 1.92. The molecular weight excluding hydrogens is 242 g/mol. The second kappa shape index (κ2) is 9.24. The molecule has 0 aliphatic carbocycles. The first-order valence-electron chi connectivity index (χ1n) is 5.94. The SMILES string of the molecule is Cl.NC(=O)CCNC(=O)CCC1CCNCC1. The lowest BCUT2D eigenvalue weighted by Gasteiger charge is -2.22. The molecule has 0 unspecified atom stereocenters. The molecule has 4 N–H and O–H groups in total. The highest BCUT2D eigenvalue weighted by atomic mass is 35.5. The Bertz CT molecular complexity index is 243. The molecule has 1 fully saturated rings. The Labute approximate surface area is 108 Å². The largest absolute Gasteiger partial charge is 0.370 e. The molecule has 0 aromatic heterocycles. The van der Waals surface area contributed by atoms with E-state index in [1.165, 1.54) is 0 Å². The van der Waals surface area contributed by atoms with Crippen molar-refractivity contribution in [3.8, 4) is 0 Å². The zero-order valence-electron chi connectivity index (χ0n) is 10.0. The Hall–Kier alpha value is -0.810. The van der Waals surface area contributed by atoms with Crippen molar-refractivity contribution in [2.24, 2.45) is 11.7 Å². The van der Waals surface area contributed by atoms with Crippen molar-refractivity contribution in [1.29, 1.82) is 0 Å². The third-order valence-electron chi connectivity index (χ3n) is 2.93. The lowest BCUT2D eigenvalue weighted by Crippen LogP contribution is -2.30. The molecule has 2 amide bonds. The van der Waals surface area contributed by atoms with Crippen LogP contribution in [0.15, 0.2) is 0 Å². The molecule has 0 spiro atoms. The normalized spacial score (nSPS) is 16.0. The van der Waals surface area contributed by atoms with Gasteiger partial charge in [0.25, 0.3) is 0 Å². The fraction of sp³-hybridized carbons (Fsp3) is 0.818. The van der Waals surface area contributed by atoms with Gasteiger partial charge in [0.15, 0.2) is 0 Å². The number of hydrogen-bond donors (Lipinski definition) is 3. The van der Waals surface area contributed by atoms with Crippen molar-refractivity contribution < 1.29 is 9.59 Å². The predicted octanol–water partition coefficient (Wildman–Crippen LogP) is 0.180. The van der Waals surface area contributed by atoms with E-state index >= 15 is 0 Å². The summed E-state index contributed by atoms with van der Waals surface area (Å²) < 4.78 is 0. The Kier molecular flexibility index (Phi) is 8.80. The highest BCUT2D eigenvalue weighted by molar-refractivity contribution is 5.85. The molecule has 0 radical (unpaired) electrons. The summed E-state index contributed by atoms with van der Waals surface area (Å²) in [6, 6.07) is 0. The summed E-state index contributed by atoms with van der Waals surface area (Å²) in [5.74, 6) is 0.321. The number of nitrogens with two attached hydrogens (primary N) is 1. The lowest BCUT2D eigenvalue weighted by atomic mass is 9.93. The average Bonchev–Trinajstić information content (AvgIpc) is 2.27. The molecule has 0 aromatic rings. The van der Waals surface area contributed by atoms with Gasteiger partial charge in [-0.05, 0) is 38.3 Å². The van der Waals surface area contributed by atoms with Crippen LogP contribution in [-0.2, 0) is 9.59 Å². The van der Waals surface area contributed by atoms with E-state index in [1.54, 1.807) is 0 Å². The van der Waals surface area contributed by atoms with Crippen LogP contribution in [0.4, 0.5) is 0 Å². The van der Waals surface area contributed by atoms with E-state index < -0.39 is 0 Å². The summed E-state index contributed by atoms with van der Waals surface area (Å²) in [6.45, 7) is 2.49. The van der Waals surface area contributed by atoms with Gasteiger partial charge in [0.2, 0.25) is 11.8 Å². The second-order valence-electron chi connectivity index (χ2n) is 4.30. The van der Waals surface area contributed by atoms with E-state index in [-0.39, 0.29) is 30.6 Å². The van der Waals surface area contributed by atoms with Crippen LogP contribution in [0, 0.1) is 5.92 Å². The molecule has 1 heterocycles. The third kappa shape index (κ3) is 7.99. The lowest BCUT2D eigenvalue weighted by molar-refractivity contribution is -0.121. The zero-order chi connectivity index (χ0) is 11.8. The van der Waals surface area contributed by atoms with E-state index in [0.29, 0.717) is 18.9 Å². The highest BCUT2D eigenvalue weighted by Gasteiger charge is 2.14. The molecule has 1 saturated heterocycles. The van der Waals surface area contributed by atoms with Crippen molar-refractivity contribution in [3.05, 3.63) is 0 Å². The molecule has 1 rings (SSSR count). The number of carbonyl (C=O) groups is 2. The molecule has 0 saturated carbocycles. The topological polar surface area (TPSA) is 84.2 Å². The molecule has 0 bridgehead atoms. The molecule has 1 aliphatic heterocycles. The van der Waals surface area contributed by atoms with Crippen LogP contribution in [0.3, 0.4) is 0 Å². The third-order valence-corrected chi connectivity index (χ3v) is 2.93. The van der Waals surface area contributed by atoms with Gasteiger partial charge in [-0.3, -0.25) is 9.59 Å². The minimum absolute atomic E-state index is 0. The maximum atomic E-state index is 11.4. The van der Waals surface area contributed by atoms with Gasteiger partial charge in [-0.15, -0.1) is 12.4 Å². The Morgan fingerprint density at radius 2 is 1.88 bits per heavy atom. The summed E-state index contributed by atoms with van der Waals surface area (Å²) in [6.07, 6.45) is 4.05. The van der Waals surface area contributed by atoms with E-state index in [9.17, 15) is 9.59 Å². The van der Waals surface area contributed by atoms with Gasteiger partial charge in [-0.2, -0.15) is 0 Å². The van der Waals surface area contributed by atoms with Crippen LogP contribution in [-0.4, -0.2) is 31.4 Å². The van der Waals surface area contributed by atoms with Crippen molar-refractivity contribution in [3.63, 3.8) is 0 Å². The van der Waals surface area contributed by atoms with Gasteiger partial charge in [-0.25, -0.2) is 0 Å². The van der Waals surface area contributed by atoms with Gasteiger partial charge in [-0.1, -0.05) is 0 Å². The monoisotopic (exact) mass is 263 g/mol. The van der Waals surface area contributed by atoms with E-state index in [2.05, 4.69) is 10.6 Å². The van der Waals surface area contributed by atoms with Crippen LogP contribution >= 0.6 is 12.4 Å². The first-order valence-corrected chi connectivity index (χ1v) is 5.94. The molecule has 17 heavy (non-hydrogen) atoms. The average molecular weight is 264 g/mol. The minimum atomic E-state index is -0.376.